The van der Waals surface area contributed by atoms with Crippen LogP contribution in [0.25, 0.3) is 0 Å². The third-order valence-corrected chi connectivity index (χ3v) is 0.118. The molecule has 0 amide bonds. The predicted molar refractivity (Wildman–Crippen MR) is 22.8 cm³/mol. The number of halogens is 1. The molecule has 0 aliphatic carbocycles. The molecule has 0 aromatic heterocycles. The van der Waals surface area contributed by atoms with Gasteiger partial charge in [0.25, 0.3) is 0 Å². The molecule has 0 saturated heterocycles. The maximum atomic E-state index is 9.50. The Morgan fingerprint density at radius 1 is 1.83 bits per heavy atom. The molecule has 6 heavy (non-hydrogen) atoms. The second-order valence-corrected chi connectivity index (χ2v) is 0.455. The quantitative estimate of drug-likeness (QED) is 0.432. The Morgan fingerprint density at radius 3 is 2.00 bits per heavy atom. The minimum Gasteiger partial charge on any atom is -0.255 e. The fourth-order valence-electron chi connectivity index (χ4n) is 0. The predicted octanol–water partition coefficient (Wildman–Crippen LogP) is 1.19. The Kier molecular flexibility index (Phi) is 35.1. The van der Waals surface area contributed by atoms with E-state index in [9.17, 15) is 9.50 Å². The average Bonchev–Trinajstić information content (AvgIpc) is 1.72. The maximum absolute atomic E-state index is 9.50. The Labute approximate surface area is 37.1 Å². The molecule has 0 saturated carbocycles. The van der Waals surface area contributed by atoms with Gasteiger partial charge in [0.1, 0.15) is 6.61 Å². The number of rotatable bonds is 1. The Hall–Kier alpha value is -0.370. The van der Waals surface area contributed by atoms with Crippen molar-refractivity contribution in [2.75, 3.05) is 13.8 Å². The summed E-state index contributed by atoms with van der Waals surface area (Å²) >= 11 is 0. The van der Waals surface area contributed by atoms with E-state index < -0.39 is 0 Å². The number of alkyl halides is 1. The van der Waals surface area contributed by atoms with Crippen LogP contribution >= 0.6 is 0 Å². The lowest BCUT2D eigenvalue weighted by Gasteiger charge is -1.54. The molecule has 0 aliphatic rings. The monoisotopic (exact) mass is 91.1 g/mol. The van der Waals surface area contributed by atoms with Gasteiger partial charge in [-0.3, -0.25) is 4.39 Å². The fraction of sp³-hybridized carbons (Fsp3) is 0.500. The van der Waals surface area contributed by atoms with Crippen LogP contribution in [0.15, 0.2) is 12.7 Å². The minimum absolute atomic E-state index is 0.167. The van der Waals surface area contributed by atoms with E-state index in [4.69, 9.17) is 0 Å². The zero-order valence-corrected chi connectivity index (χ0v) is 3.78. The van der Waals surface area contributed by atoms with Crippen LogP contribution in [0, 0.1) is 0 Å². The van der Waals surface area contributed by atoms with Gasteiger partial charge in [0.15, 0.2) is 0 Å². The van der Waals surface area contributed by atoms with E-state index in [0.29, 0.717) is 7.18 Å². The molecule has 1 nitrogen and oxygen atoms in total. The summed E-state index contributed by atoms with van der Waals surface area (Å²) in [5, 5.41) is 9.18. The van der Waals surface area contributed by atoms with Crippen molar-refractivity contribution < 1.29 is 9.50 Å². The normalized spacial score (nSPS) is 5.17. The van der Waals surface area contributed by atoms with E-state index in [1.54, 1.807) is 0 Å². The zero-order chi connectivity index (χ0) is 5.41. The molecule has 0 fully saturated rings. The fourth-order valence-corrected chi connectivity index (χ4v) is 0. The molecule has 0 atom stereocenters. The molecular formula is C4H8FO. The Balaban J connectivity index is 0. The lowest BCUT2D eigenvalue weighted by molar-refractivity contribution is 0.232. The first-order valence-corrected chi connectivity index (χ1v) is 1.48. The van der Waals surface area contributed by atoms with Crippen LogP contribution in [-0.4, -0.2) is 13.8 Å². The van der Waals surface area contributed by atoms with Crippen molar-refractivity contribution in [3.05, 3.63) is 12.7 Å². The van der Waals surface area contributed by atoms with Crippen molar-refractivity contribution in [3.63, 3.8) is 0 Å². The molecule has 2 heteroatoms. The largest absolute Gasteiger partial charge is 0.255 e. The molecule has 37 valence electrons. The van der Waals surface area contributed by atoms with Crippen molar-refractivity contribution in [1.29, 1.82) is 0 Å². The Morgan fingerprint density at radius 2 is 2.00 bits per heavy atom. The van der Waals surface area contributed by atoms with E-state index in [1.165, 1.54) is 6.08 Å². The van der Waals surface area contributed by atoms with Crippen molar-refractivity contribution in [2.24, 2.45) is 0 Å². The average molecular weight is 91.1 g/mol. The van der Waals surface area contributed by atoms with Gasteiger partial charge in [-0.05, 0) is 0 Å². The van der Waals surface area contributed by atoms with Crippen LogP contribution in [0.4, 0.5) is 4.39 Å². The van der Waals surface area contributed by atoms with E-state index in [0.717, 1.165) is 0 Å². The van der Waals surface area contributed by atoms with Crippen LogP contribution in [0.1, 0.15) is 0 Å². The van der Waals surface area contributed by atoms with Gasteiger partial charge in [0, 0.05) is 0 Å². The summed E-state index contributed by atoms with van der Waals surface area (Å²) in [5.41, 5.74) is 0. The van der Waals surface area contributed by atoms with Crippen LogP contribution in [0.5, 0.6) is 0 Å². The second kappa shape index (κ2) is 23.0. The van der Waals surface area contributed by atoms with Gasteiger partial charge in [-0.1, -0.05) is 6.08 Å². The van der Waals surface area contributed by atoms with E-state index in [2.05, 4.69) is 6.58 Å². The van der Waals surface area contributed by atoms with Gasteiger partial charge in [-0.2, -0.15) is 0 Å². The minimum atomic E-state index is -0.167. The molecule has 0 spiro atoms. The van der Waals surface area contributed by atoms with Gasteiger partial charge in [0.2, 0.25) is 0 Å². The zero-order valence-electron chi connectivity index (χ0n) is 3.78. The van der Waals surface area contributed by atoms with Crippen LogP contribution in [0.2, 0.25) is 0 Å². The lowest BCUT2D eigenvalue weighted by Crippen LogP contribution is -1.58. The summed E-state index contributed by atoms with van der Waals surface area (Å²) in [6.07, 6.45) is 1.32. The van der Waals surface area contributed by atoms with Gasteiger partial charge in [-0.25, -0.2) is 5.11 Å². The standard InChI is InChI=1S/C3H5O.CH3F/c1-2-3-4;1-2/h2H,1,3H2;1H3. The summed E-state index contributed by atoms with van der Waals surface area (Å²) in [6, 6.07) is 0. The highest BCUT2D eigenvalue weighted by Gasteiger charge is 1.49. The summed E-state index contributed by atoms with van der Waals surface area (Å²) in [6.45, 7) is 3.00. The maximum Gasteiger partial charge on any atom is 0.100 e. The summed E-state index contributed by atoms with van der Waals surface area (Å²) < 4.78 is 9.50. The highest BCUT2D eigenvalue weighted by molar-refractivity contribution is 4.60. The SMILES string of the molecule is C=CC[O].CF. The van der Waals surface area contributed by atoms with Crippen LogP contribution < -0.4 is 0 Å². The van der Waals surface area contributed by atoms with Crippen LogP contribution in [-0.2, 0) is 5.11 Å². The first-order valence-electron chi connectivity index (χ1n) is 1.48. The van der Waals surface area contributed by atoms with E-state index in [1.807, 2.05) is 0 Å². The summed E-state index contributed by atoms with van der Waals surface area (Å²) in [4.78, 5) is 0. The molecule has 1 radical (unpaired) electrons. The van der Waals surface area contributed by atoms with Gasteiger partial charge in [0.05, 0.1) is 7.18 Å². The van der Waals surface area contributed by atoms with Crippen molar-refractivity contribution in [2.45, 2.75) is 0 Å². The third-order valence-electron chi connectivity index (χ3n) is 0.118. The van der Waals surface area contributed by atoms with Gasteiger partial charge in [-0.15, -0.1) is 6.58 Å². The molecule has 0 unspecified atom stereocenters. The third kappa shape index (κ3) is 63.3. The molecule has 0 aromatic carbocycles. The number of hydrogen-bond donors (Lipinski definition) is 0. The second-order valence-electron chi connectivity index (χ2n) is 0.455. The highest BCUT2D eigenvalue weighted by atomic mass is 19.1. The molecule has 0 heterocycles. The van der Waals surface area contributed by atoms with Crippen molar-refractivity contribution in [1.82, 2.24) is 0 Å². The molecule has 0 aromatic rings. The van der Waals surface area contributed by atoms with E-state index >= 15 is 0 Å². The molecule has 0 rings (SSSR count). The van der Waals surface area contributed by atoms with Crippen LogP contribution in [0.3, 0.4) is 0 Å². The molecule has 0 aliphatic heterocycles. The van der Waals surface area contributed by atoms with Crippen molar-refractivity contribution in [3.8, 4) is 0 Å². The van der Waals surface area contributed by atoms with Crippen molar-refractivity contribution >= 4 is 0 Å². The summed E-state index contributed by atoms with van der Waals surface area (Å²) in [5.74, 6) is 0. The highest BCUT2D eigenvalue weighted by Crippen LogP contribution is 1.48. The first-order chi connectivity index (χ1) is 2.91. The smallest absolute Gasteiger partial charge is 0.100 e. The molecular weight excluding hydrogens is 83.0 g/mol. The molecule has 0 bridgehead atoms. The summed E-state index contributed by atoms with van der Waals surface area (Å²) in [7, 11) is 0.500. The lowest BCUT2D eigenvalue weighted by atomic mass is 10.7. The first kappa shape index (κ1) is 9.16. The van der Waals surface area contributed by atoms with E-state index in [-0.39, 0.29) is 6.61 Å². The molecule has 0 N–H and O–H groups in total. The number of hydrogen-bond acceptors (Lipinski definition) is 0. The van der Waals surface area contributed by atoms with Gasteiger partial charge >= 0.3 is 0 Å². The topological polar surface area (TPSA) is 19.9 Å². The Bertz CT molecular complexity index is 21.5. The van der Waals surface area contributed by atoms with Gasteiger partial charge < -0.3 is 0 Å².